The van der Waals surface area contributed by atoms with Gasteiger partial charge in [-0.2, -0.15) is 0 Å². The third-order valence-electron chi connectivity index (χ3n) is 3.15. The zero-order valence-corrected chi connectivity index (χ0v) is 14.2. The van der Waals surface area contributed by atoms with E-state index in [4.69, 9.17) is 0 Å². The van der Waals surface area contributed by atoms with Gasteiger partial charge in [-0.15, -0.1) is 11.3 Å². The van der Waals surface area contributed by atoms with Gasteiger partial charge >= 0.3 is 6.03 Å². The molecule has 1 aliphatic rings. The van der Waals surface area contributed by atoms with E-state index in [2.05, 4.69) is 25.9 Å². The normalized spacial score (nSPS) is 14.9. The Morgan fingerprint density at radius 3 is 2.83 bits per heavy atom. The molecule has 1 fully saturated rings. The minimum atomic E-state index is -0.349. The Labute approximate surface area is 138 Å². The van der Waals surface area contributed by atoms with Gasteiger partial charge in [0, 0.05) is 39.6 Å². The number of nitrogens with one attached hydrogen (secondary N) is 3. The van der Waals surface area contributed by atoms with Gasteiger partial charge in [-0.05, 0) is 0 Å². The maximum atomic E-state index is 11.5. The van der Waals surface area contributed by atoms with Crippen LogP contribution in [0.3, 0.4) is 0 Å². The Balaban J connectivity index is 1.75. The number of carbonyl (C=O) groups is 2. The Hall–Kier alpha value is -2.36. The Bertz CT molecular complexity index is 583. The topological polar surface area (TPSA) is 102 Å². The fourth-order valence-electron chi connectivity index (χ4n) is 1.95. The van der Waals surface area contributed by atoms with Crippen molar-refractivity contribution in [2.24, 2.45) is 4.99 Å². The number of anilines is 1. The number of urea groups is 1. The van der Waals surface area contributed by atoms with Gasteiger partial charge in [0.25, 0.3) is 0 Å². The lowest BCUT2D eigenvalue weighted by Gasteiger charge is -2.15. The first-order valence-corrected chi connectivity index (χ1v) is 8.03. The average Bonchev–Trinajstić information content (AvgIpc) is 3.12. The molecule has 0 aromatic carbocycles. The molecule has 0 atom stereocenters. The molecule has 0 bridgehead atoms. The SMILES string of the molecule is CN=C(NCCN1C(=O)CNC1=O)NCc1csc(N(C)C)n1. The number of carbonyl (C=O) groups excluding carboxylic acids is 2. The highest BCUT2D eigenvalue weighted by atomic mass is 32.1. The quantitative estimate of drug-likeness (QED) is 0.364. The molecule has 0 saturated carbocycles. The van der Waals surface area contributed by atoms with Gasteiger partial charge in [-0.25, -0.2) is 9.78 Å². The molecule has 0 aliphatic carbocycles. The van der Waals surface area contributed by atoms with Crippen molar-refractivity contribution >= 4 is 34.4 Å². The molecule has 10 heteroatoms. The monoisotopic (exact) mass is 339 g/mol. The number of aromatic nitrogens is 1. The molecule has 3 amide bonds. The minimum absolute atomic E-state index is 0.0733. The van der Waals surface area contributed by atoms with Crippen molar-refractivity contribution in [2.75, 3.05) is 45.7 Å². The summed E-state index contributed by atoms with van der Waals surface area (Å²) in [7, 11) is 5.56. The van der Waals surface area contributed by atoms with Crippen LogP contribution >= 0.6 is 11.3 Å². The maximum Gasteiger partial charge on any atom is 0.324 e. The number of hydrogen-bond donors (Lipinski definition) is 3. The highest BCUT2D eigenvalue weighted by molar-refractivity contribution is 7.13. The van der Waals surface area contributed by atoms with Crippen LogP contribution in [0, 0.1) is 0 Å². The predicted molar refractivity (Wildman–Crippen MR) is 89.8 cm³/mol. The molecule has 23 heavy (non-hydrogen) atoms. The van der Waals surface area contributed by atoms with Crippen molar-refractivity contribution in [2.45, 2.75) is 6.54 Å². The van der Waals surface area contributed by atoms with Crippen LogP contribution < -0.4 is 20.9 Å². The number of hydrogen-bond acceptors (Lipinski definition) is 6. The third-order valence-corrected chi connectivity index (χ3v) is 4.20. The smallest absolute Gasteiger partial charge is 0.324 e. The number of thiazole rings is 1. The number of amides is 3. The highest BCUT2D eigenvalue weighted by Gasteiger charge is 2.27. The van der Waals surface area contributed by atoms with Crippen LogP contribution in [0.15, 0.2) is 10.4 Å². The summed E-state index contributed by atoms with van der Waals surface area (Å²) in [5.74, 6) is 0.384. The number of rotatable bonds is 6. The summed E-state index contributed by atoms with van der Waals surface area (Å²) >= 11 is 1.58. The number of imide groups is 1. The summed E-state index contributed by atoms with van der Waals surface area (Å²) in [6, 6.07) is -0.349. The molecule has 2 rings (SSSR count). The van der Waals surface area contributed by atoms with E-state index in [1.54, 1.807) is 18.4 Å². The van der Waals surface area contributed by atoms with Gasteiger partial charge in [-0.3, -0.25) is 14.7 Å². The van der Waals surface area contributed by atoms with Crippen LogP contribution in [0.2, 0.25) is 0 Å². The Kier molecular flexibility index (Phi) is 5.74. The van der Waals surface area contributed by atoms with E-state index in [1.165, 1.54) is 4.90 Å². The van der Waals surface area contributed by atoms with Gasteiger partial charge in [0.2, 0.25) is 5.91 Å². The molecule has 9 nitrogen and oxygen atoms in total. The van der Waals surface area contributed by atoms with E-state index >= 15 is 0 Å². The summed E-state index contributed by atoms with van der Waals surface area (Å²) < 4.78 is 0. The first-order chi connectivity index (χ1) is 11.0. The summed E-state index contributed by atoms with van der Waals surface area (Å²) in [5.41, 5.74) is 0.927. The van der Waals surface area contributed by atoms with Crippen LogP contribution in [-0.2, 0) is 11.3 Å². The second kappa shape index (κ2) is 7.77. The van der Waals surface area contributed by atoms with Crippen molar-refractivity contribution in [3.63, 3.8) is 0 Å². The fraction of sp³-hybridized carbons (Fsp3) is 0.538. The van der Waals surface area contributed by atoms with Crippen molar-refractivity contribution in [1.82, 2.24) is 25.8 Å². The minimum Gasteiger partial charge on any atom is -0.355 e. The van der Waals surface area contributed by atoms with E-state index in [1.807, 2.05) is 24.4 Å². The van der Waals surface area contributed by atoms with E-state index in [0.29, 0.717) is 25.6 Å². The molecule has 126 valence electrons. The summed E-state index contributed by atoms with van der Waals surface area (Å²) in [6.45, 7) is 1.35. The van der Waals surface area contributed by atoms with Crippen LogP contribution in [0.25, 0.3) is 0 Å². The lowest BCUT2D eigenvalue weighted by molar-refractivity contribution is -0.124. The van der Waals surface area contributed by atoms with Gasteiger partial charge in [-0.1, -0.05) is 0 Å². The summed E-state index contributed by atoms with van der Waals surface area (Å²) in [5, 5.41) is 11.6. The molecule has 0 radical (unpaired) electrons. The van der Waals surface area contributed by atoms with Crippen molar-refractivity contribution < 1.29 is 9.59 Å². The van der Waals surface area contributed by atoms with Gasteiger partial charge in [0.15, 0.2) is 11.1 Å². The molecule has 2 heterocycles. The van der Waals surface area contributed by atoms with Crippen LogP contribution in [0.5, 0.6) is 0 Å². The first kappa shape index (κ1) is 17.0. The Morgan fingerprint density at radius 1 is 1.48 bits per heavy atom. The summed E-state index contributed by atoms with van der Waals surface area (Å²) in [4.78, 5) is 34.6. The molecule has 1 aromatic rings. The van der Waals surface area contributed by atoms with E-state index in [0.717, 1.165) is 10.8 Å². The average molecular weight is 339 g/mol. The molecule has 1 saturated heterocycles. The fourth-order valence-corrected chi connectivity index (χ4v) is 2.70. The summed E-state index contributed by atoms with van der Waals surface area (Å²) in [6.07, 6.45) is 0. The standard InChI is InChI=1S/C13H21N7O2S/c1-14-11(15-4-5-20-10(21)7-17-12(20)22)16-6-9-8-23-13(18-9)19(2)3/h8H,4-7H2,1-3H3,(H,17,22)(H2,14,15,16). The lowest BCUT2D eigenvalue weighted by atomic mass is 10.5. The zero-order chi connectivity index (χ0) is 16.8. The number of guanidine groups is 1. The van der Waals surface area contributed by atoms with Gasteiger partial charge in [0.1, 0.15) is 0 Å². The van der Waals surface area contributed by atoms with Gasteiger partial charge in [0.05, 0.1) is 18.8 Å². The largest absolute Gasteiger partial charge is 0.355 e. The van der Waals surface area contributed by atoms with Crippen molar-refractivity contribution in [3.8, 4) is 0 Å². The zero-order valence-electron chi connectivity index (χ0n) is 13.4. The van der Waals surface area contributed by atoms with Crippen LogP contribution in [0.4, 0.5) is 9.93 Å². The second-order valence-electron chi connectivity index (χ2n) is 5.07. The number of nitrogens with zero attached hydrogens (tertiary/aromatic N) is 4. The molecular weight excluding hydrogens is 318 g/mol. The van der Waals surface area contributed by atoms with E-state index in [-0.39, 0.29) is 18.5 Å². The third kappa shape index (κ3) is 4.55. The maximum absolute atomic E-state index is 11.5. The van der Waals surface area contributed by atoms with Crippen molar-refractivity contribution in [3.05, 3.63) is 11.1 Å². The van der Waals surface area contributed by atoms with E-state index < -0.39 is 0 Å². The first-order valence-electron chi connectivity index (χ1n) is 7.15. The van der Waals surface area contributed by atoms with Crippen LogP contribution in [0.1, 0.15) is 5.69 Å². The molecule has 0 spiro atoms. The van der Waals surface area contributed by atoms with Crippen LogP contribution in [-0.4, -0.2) is 68.6 Å². The molecular formula is C13H21N7O2S. The highest BCUT2D eigenvalue weighted by Crippen LogP contribution is 2.17. The van der Waals surface area contributed by atoms with Crippen molar-refractivity contribution in [1.29, 1.82) is 0 Å². The Morgan fingerprint density at radius 2 is 2.26 bits per heavy atom. The lowest BCUT2D eigenvalue weighted by Crippen LogP contribution is -2.43. The molecule has 0 unspecified atom stereocenters. The second-order valence-corrected chi connectivity index (χ2v) is 5.91. The molecule has 1 aliphatic heterocycles. The van der Waals surface area contributed by atoms with E-state index in [9.17, 15) is 9.59 Å². The van der Waals surface area contributed by atoms with Gasteiger partial charge < -0.3 is 20.9 Å². The molecule has 1 aromatic heterocycles. The number of aliphatic imine (C=N–C) groups is 1. The molecule has 3 N–H and O–H groups in total. The predicted octanol–water partition coefficient (Wildman–Crippen LogP) is -0.574.